The minimum atomic E-state index is -0.494. The number of rotatable bonds is 8. The summed E-state index contributed by atoms with van der Waals surface area (Å²) in [6.07, 6.45) is 4.12. The van der Waals surface area contributed by atoms with Crippen molar-refractivity contribution < 1.29 is 9.90 Å². The highest BCUT2D eigenvalue weighted by atomic mass is 16.3. The minimum Gasteiger partial charge on any atom is -0.391 e. The first-order valence-electron chi connectivity index (χ1n) is 7.61. The third-order valence-electron chi connectivity index (χ3n) is 3.82. The minimum absolute atomic E-state index is 0.188. The molecule has 0 aliphatic rings. The highest BCUT2D eigenvalue weighted by molar-refractivity contribution is 5.73. The van der Waals surface area contributed by atoms with Crippen molar-refractivity contribution in [1.82, 2.24) is 20.2 Å². The monoisotopic (exact) mass is 296 g/mol. The van der Waals surface area contributed by atoms with Gasteiger partial charge in [0.25, 0.3) is 0 Å². The average Bonchev–Trinajstić information content (AvgIpc) is 2.86. The Hall–Kier alpha value is -1.56. The molecule has 0 aliphatic heterocycles. The van der Waals surface area contributed by atoms with Crippen LogP contribution >= 0.6 is 0 Å². The highest BCUT2D eigenvalue weighted by Gasteiger charge is 2.13. The SMILES string of the molecule is CCC(C)C(O)CNC(=O)NCC(C)Cn1ccnc1C. The molecule has 0 aromatic carbocycles. The van der Waals surface area contributed by atoms with Crippen LogP contribution in [-0.4, -0.2) is 39.9 Å². The molecule has 1 aromatic rings. The van der Waals surface area contributed by atoms with Gasteiger partial charge in [-0.15, -0.1) is 0 Å². The Kier molecular flexibility index (Phi) is 7.22. The number of aliphatic hydroxyl groups excluding tert-OH is 1. The van der Waals surface area contributed by atoms with Crippen molar-refractivity contribution in [3.63, 3.8) is 0 Å². The molecule has 21 heavy (non-hydrogen) atoms. The van der Waals surface area contributed by atoms with Gasteiger partial charge >= 0.3 is 6.03 Å². The first-order valence-corrected chi connectivity index (χ1v) is 7.61. The van der Waals surface area contributed by atoms with E-state index in [2.05, 4.69) is 27.1 Å². The summed E-state index contributed by atoms with van der Waals surface area (Å²) in [6.45, 7) is 9.73. The molecule has 3 atom stereocenters. The van der Waals surface area contributed by atoms with Crippen molar-refractivity contribution in [3.05, 3.63) is 18.2 Å². The van der Waals surface area contributed by atoms with Gasteiger partial charge < -0.3 is 20.3 Å². The average molecular weight is 296 g/mol. The van der Waals surface area contributed by atoms with E-state index >= 15 is 0 Å². The Morgan fingerprint density at radius 1 is 1.38 bits per heavy atom. The largest absolute Gasteiger partial charge is 0.391 e. The second-order valence-electron chi connectivity index (χ2n) is 5.78. The van der Waals surface area contributed by atoms with E-state index in [1.165, 1.54) is 0 Å². The molecule has 3 unspecified atom stereocenters. The summed E-state index contributed by atoms with van der Waals surface area (Å²) >= 11 is 0. The normalized spacial score (nSPS) is 15.3. The number of carbonyl (C=O) groups excluding carboxylic acids is 1. The first-order chi connectivity index (χ1) is 9.93. The van der Waals surface area contributed by atoms with Crippen LogP contribution in [0.5, 0.6) is 0 Å². The van der Waals surface area contributed by atoms with Crippen molar-refractivity contribution in [3.8, 4) is 0 Å². The number of nitrogens with zero attached hydrogens (tertiary/aromatic N) is 2. The van der Waals surface area contributed by atoms with Gasteiger partial charge in [0, 0.05) is 32.0 Å². The Bertz CT molecular complexity index is 433. The Morgan fingerprint density at radius 3 is 2.62 bits per heavy atom. The number of aromatic nitrogens is 2. The van der Waals surface area contributed by atoms with Crippen LogP contribution in [0, 0.1) is 18.8 Å². The van der Waals surface area contributed by atoms with Crippen LogP contribution in [0.15, 0.2) is 12.4 Å². The van der Waals surface area contributed by atoms with Crippen molar-refractivity contribution in [1.29, 1.82) is 0 Å². The lowest BCUT2D eigenvalue weighted by molar-refractivity contribution is 0.114. The van der Waals surface area contributed by atoms with Gasteiger partial charge in [0.05, 0.1) is 6.10 Å². The van der Waals surface area contributed by atoms with Crippen LogP contribution in [0.3, 0.4) is 0 Å². The maximum Gasteiger partial charge on any atom is 0.314 e. The predicted molar refractivity (Wildman–Crippen MR) is 83.0 cm³/mol. The summed E-state index contributed by atoms with van der Waals surface area (Å²) in [5.74, 6) is 1.47. The standard InChI is InChI=1S/C15H28N4O2/c1-5-12(3)14(20)9-18-15(21)17-8-11(2)10-19-7-6-16-13(19)4/h6-7,11-12,14,20H,5,8-10H2,1-4H3,(H2,17,18,21). The number of hydrogen-bond acceptors (Lipinski definition) is 3. The fourth-order valence-corrected chi connectivity index (χ4v) is 2.00. The number of nitrogens with one attached hydrogen (secondary N) is 2. The summed E-state index contributed by atoms with van der Waals surface area (Å²) in [4.78, 5) is 15.9. The molecule has 6 heteroatoms. The van der Waals surface area contributed by atoms with Gasteiger partial charge in [0.15, 0.2) is 0 Å². The summed E-state index contributed by atoms with van der Waals surface area (Å²) in [5.41, 5.74) is 0. The van der Waals surface area contributed by atoms with E-state index in [0.717, 1.165) is 18.8 Å². The molecule has 0 spiro atoms. The fraction of sp³-hybridized carbons (Fsp3) is 0.733. The van der Waals surface area contributed by atoms with Gasteiger partial charge in [-0.3, -0.25) is 0 Å². The molecule has 1 aromatic heterocycles. The van der Waals surface area contributed by atoms with Gasteiger partial charge in [-0.05, 0) is 18.8 Å². The van der Waals surface area contributed by atoms with Gasteiger partial charge in [-0.25, -0.2) is 9.78 Å². The fourth-order valence-electron chi connectivity index (χ4n) is 2.00. The van der Waals surface area contributed by atoms with Crippen LogP contribution in [0.4, 0.5) is 4.79 Å². The lowest BCUT2D eigenvalue weighted by Crippen LogP contribution is -2.43. The van der Waals surface area contributed by atoms with Gasteiger partial charge in [0.1, 0.15) is 5.82 Å². The predicted octanol–water partition coefficient (Wildman–Crippen LogP) is 1.53. The quantitative estimate of drug-likeness (QED) is 0.681. The molecule has 6 nitrogen and oxygen atoms in total. The van der Waals surface area contributed by atoms with Crippen molar-refractivity contribution in [2.24, 2.45) is 11.8 Å². The van der Waals surface area contributed by atoms with Crippen LogP contribution in [-0.2, 0) is 6.54 Å². The highest BCUT2D eigenvalue weighted by Crippen LogP contribution is 2.06. The summed E-state index contributed by atoms with van der Waals surface area (Å²) in [5, 5.41) is 15.3. The lowest BCUT2D eigenvalue weighted by atomic mass is 10.0. The smallest absolute Gasteiger partial charge is 0.314 e. The van der Waals surface area contributed by atoms with Crippen LogP contribution < -0.4 is 10.6 Å². The van der Waals surface area contributed by atoms with E-state index in [9.17, 15) is 9.90 Å². The second kappa shape index (κ2) is 8.67. The third kappa shape index (κ3) is 6.16. The van der Waals surface area contributed by atoms with E-state index in [0.29, 0.717) is 12.5 Å². The number of urea groups is 1. The number of aryl methyl sites for hydroxylation is 1. The topological polar surface area (TPSA) is 79.2 Å². The Balaban J connectivity index is 2.22. The molecule has 0 saturated carbocycles. The second-order valence-corrected chi connectivity index (χ2v) is 5.78. The zero-order valence-electron chi connectivity index (χ0n) is 13.5. The molecule has 1 rings (SSSR count). The summed E-state index contributed by atoms with van der Waals surface area (Å²) in [7, 11) is 0. The lowest BCUT2D eigenvalue weighted by Gasteiger charge is -2.19. The van der Waals surface area contributed by atoms with E-state index < -0.39 is 6.10 Å². The molecule has 120 valence electrons. The molecule has 0 fully saturated rings. The number of hydrogen-bond donors (Lipinski definition) is 3. The summed E-state index contributed by atoms with van der Waals surface area (Å²) in [6, 6.07) is -0.230. The van der Waals surface area contributed by atoms with Crippen molar-refractivity contribution >= 4 is 6.03 Å². The van der Waals surface area contributed by atoms with Crippen LogP contribution in [0.2, 0.25) is 0 Å². The maximum absolute atomic E-state index is 11.7. The zero-order valence-corrected chi connectivity index (χ0v) is 13.5. The van der Waals surface area contributed by atoms with E-state index in [4.69, 9.17) is 0 Å². The van der Waals surface area contributed by atoms with Gasteiger partial charge in [-0.1, -0.05) is 27.2 Å². The third-order valence-corrected chi connectivity index (χ3v) is 3.82. The number of imidazole rings is 1. The van der Waals surface area contributed by atoms with Crippen LogP contribution in [0.25, 0.3) is 0 Å². The molecule has 3 N–H and O–H groups in total. The molecular weight excluding hydrogens is 268 g/mol. The van der Waals surface area contributed by atoms with Gasteiger partial charge in [-0.2, -0.15) is 0 Å². The summed E-state index contributed by atoms with van der Waals surface area (Å²) < 4.78 is 2.07. The number of carbonyl (C=O) groups is 1. The molecule has 1 heterocycles. The first kappa shape index (κ1) is 17.5. The molecule has 0 saturated heterocycles. The molecule has 0 radical (unpaired) electrons. The molecule has 2 amide bonds. The molecular formula is C15H28N4O2. The maximum atomic E-state index is 11.7. The van der Waals surface area contributed by atoms with E-state index in [1.807, 2.05) is 27.0 Å². The van der Waals surface area contributed by atoms with Crippen molar-refractivity contribution in [2.45, 2.75) is 46.8 Å². The zero-order chi connectivity index (χ0) is 15.8. The Labute approximate surface area is 127 Å². The molecule has 0 bridgehead atoms. The van der Waals surface area contributed by atoms with Crippen LogP contribution in [0.1, 0.15) is 33.0 Å². The Morgan fingerprint density at radius 2 is 2.05 bits per heavy atom. The van der Waals surface area contributed by atoms with E-state index in [-0.39, 0.29) is 18.5 Å². The number of aliphatic hydroxyl groups is 1. The van der Waals surface area contributed by atoms with Gasteiger partial charge in [0.2, 0.25) is 0 Å². The molecule has 0 aliphatic carbocycles. The van der Waals surface area contributed by atoms with E-state index in [1.54, 1.807) is 6.20 Å². The number of amides is 2. The van der Waals surface area contributed by atoms with Crippen molar-refractivity contribution in [2.75, 3.05) is 13.1 Å².